The monoisotopic (exact) mass is 424 g/mol. The zero-order valence-corrected chi connectivity index (χ0v) is 14.0. The van der Waals surface area contributed by atoms with Gasteiger partial charge >= 0.3 is 0 Å². The van der Waals surface area contributed by atoms with Gasteiger partial charge in [0, 0.05) is 14.6 Å². The molecule has 0 saturated carbocycles. The molecule has 0 spiro atoms. The van der Waals surface area contributed by atoms with Gasteiger partial charge in [0.2, 0.25) is 0 Å². The summed E-state index contributed by atoms with van der Waals surface area (Å²) in [4.78, 5) is 0. The van der Waals surface area contributed by atoms with Crippen molar-refractivity contribution in [1.82, 2.24) is 0 Å². The van der Waals surface area contributed by atoms with E-state index >= 15 is 0 Å². The van der Waals surface area contributed by atoms with E-state index in [1.54, 1.807) is 0 Å². The van der Waals surface area contributed by atoms with E-state index in [2.05, 4.69) is 38.5 Å². The summed E-state index contributed by atoms with van der Waals surface area (Å²) in [6, 6.07) is 6.08. The first-order valence-corrected chi connectivity index (χ1v) is 8.28. The van der Waals surface area contributed by atoms with E-state index in [4.69, 9.17) is 4.74 Å². The number of hydrogen-bond donors (Lipinski definition) is 1. The largest absolute Gasteiger partial charge is 0.388 e. The second-order valence-corrected chi connectivity index (χ2v) is 6.85. The maximum atomic E-state index is 10.2. The Morgan fingerprint density at radius 2 is 2.33 bits per heavy atom. The van der Waals surface area contributed by atoms with Crippen LogP contribution in [0.2, 0.25) is 0 Å². The Labute approximate surface area is 130 Å². The molecule has 2 rings (SSSR count). The third kappa shape index (κ3) is 4.18. The van der Waals surface area contributed by atoms with Crippen LogP contribution in [-0.2, 0) is 4.74 Å². The van der Waals surface area contributed by atoms with E-state index in [1.807, 2.05) is 18.2 Å². The Kier molecular flexibility index (Phi) is 5.92. The van der Waals surface area contributed by atoms with Gasteiger partial charge in [-0.15, -0.1) is 0 Å². The second-order valence-electron chi connectivity index (χ2n) is 4.75. The van der Waals surface area contributed by atoms with Crippen molar-refractivity contribution in [3.05, 3.63) is 31.8 Å². The smallest absolute Gasteiger partial charge is 0.0801 e. The molecule has 0 bridgehead atoms. The average Bonchev–Trinajstić information content (AvgIpc) is 2.85. The predicted octanol–water partition coefficient (Wildman–Crippen LogP) is 4.44. The van der Waals surface area contributed by atoms with Crippen LogP contribution in [0.1, 0.15) is 43.8 Å². The summed E-state index contributed by atoms with van der Waals surface area (Å²) >= 11 is 5.77. The average molecular weight is 425 g/mol. The van der Waals surface area contributed by atoms with Crippen LogP contribution in [0.15, 0.2) is 22.7 Å². The number of rotatable bonds is 5. The molecule has 0 radical (unpaired) electrons. The van der Waals surface area contributed by atoms with Gasteiger partial charge in [0.05, 0.1) is 12.2 Å². The molecule has 18 heavy (non-hydrogen) atoms. The Balaban J connectivity index is 1.83. The van der Waals surface area contributed by atoms with Gasteiger partial charge in [0.1, 0.15) is 0 Å². The normalized spacial score (nSPS) is 21.2. The van der Waals surface area contributed by atoms with E-state index in [-0.39, 0.29) is 6.10 Å². The highest BCUT2D eigenvalue weighted by Crippen LogP contribution is 2.29. The van der Waals surface area contributed by atoms with Crippen LogP contribution in [-0.4, -0.2) is 17.8 Å². The molecule has 0 amide bonds. The minimum atomic E-state index is -0.379. The van der Waals surface area contributed by atoms with E-state index in [0.29, 0.717) is 6.10 Å². The number of hydrogen-bond acceptors (Lipinski definition) is 2. The number of benzene rings is 1. The summed E-state index contributed by atoms with van der Waals surface area (Å²) in [5, 5.41) is 10.2. The minimum absolute atomic E-state index is 0.379. The van der Waals surface area contributed by atoms with Crippen LogP contribution in [0.25, 0.3) is 0 Å². The van der Waals surface area contributed by atoms with Crippen molar-refractivity contribution in [1.29, 1.82) is 0 Å². The first kappa shape index (κ1) is 14.8. The molecule has 1 fully saturated rings. The van der Waals surface area contributed by atoms with Crippen molar-refractivity contribution in [3.63, 3.8) is 0 Å². The fourth-order valence-electron chi connectivity index (χ4n) is 2.34. The van der Waals surface area contributed by atoms with Crippen LogP contribution >= 0.6 is 38.5 Å². The first-order valence-electron chi connectivity index (χ1n) is 6.41. The topological polar surface area (TPSA) is 29.5 Å². The molecule has 1 aliphatic heterocycles. The second kappa shape index (κ2) is 7.22. The molecule has 2 nitrogen and oxygen atoms in total. The number of halogens is 2. The Morgan fingerprint density at radius 1 is 1.50 bits per heavy atom. The lowest BCUT2D eigenvalue weighted by Gasteiger charge is -2.15. The van der Waals surface area contributed by atoms with Gasteiger partial charge in [-0.05, 0) is 78.5 Å². The molecule has 2 unspecified atom stereocenters. The number of ether oxygens (including phenoxy) is 1. The minimum Gasteiger partial charge on any atom is -0.388 e. The molecule has 2 atom stereocenters. The molecule has 0 aromatic heterocycles. The quantitative estimate of drug-likeness (QED) is 0.708. The van der Waals surface area contributed by atoms with Crippen LogP contribution < -0.4 is 0 Å². The summed E-state index contributed by atoms with van der Waals surface area (Å²) in [5.41, 5.74) is 0.995. The van der Waals surface area contributed by atoms with Gasteiger partial charge in [-0.25, -0.2) is 0 Å². The highest BCUT2D eigenvalue weighted by atomic mass is 127. The highest BCUT2D eigenvalue weighted by Gasteiger charge is 2.17. The molecule has 1 heterocycles. The summed E-state index contributed by atoms with van der Waals surface area (Å²) in [6.07, 6.45) is 5.31. The van der Waals surface area contributed by atoms with Gasteiger partial charge in [0.15, 0.2) is 0 Å². The lowest BCUT2D eigenvalue weighted by Crippen LogP contribution is -2.06. The molecule has 100 valence electrons. The first-order chi connectivity index (χ1) is 8.66. The van der Waals surface area contributed by atoms with Gasteiger partial charge in [-0.2, -0.15) is 0 Å². The Hall–Kier alpha value is 0.350. The maximum absolute atomic E-state index is 10.2. The van der Waals surface area contributed by atoms with Gasteiger partial charge in [-0.3, -0.25) is 0 Å². The molecular weight excluding hydrogens is 407 g/mol. The van der Waals surface area contributed by atoms with E-state index in [1.165, 1.54) is 12.8 Å². The highest BCUT2D eigenvalue weighted by molar-refractivity contribution is 14.1. The van der Waals surface area contributed by atoms with Crippen molar-refractivity contribution in [2.75, 3.05) is 6.61 Å². The third-order valence-electron chi connectivity index (χ3n) is 3.34. The number of aliphatic hydroxyl groups excluding tert-OH is 1. The Bertz CT molecular complexity index is 391. The summed E-state index contributed by atoms with van der Waals surface area (Å²) in [7, 11) is 0. The molecule has 1 aliphatic rings. The number of aliphatic hydroxyl groups is 1. The lowest BCUT2D eigenvalue weighted by molar-refractivity contribution is 0.0944. The molecule has 1 aromatic rings. The third-order valence-corrected chi connectivity index (χ3v) is 4.74. The molecule has 1 N–H and O–H groups in total. The van der Waals surface area contributed by atoms with Crippen LogP contribution in [0, 0.1) is 3.57 Å². The summed E-state index contributed by atoms with van der Waals surface area (Å²) < 4.78 is 7.74. The summed E-state index contributed by atoms with van der Waals surface area (Å²) in [5.74, 6) is 0. The molecular formula is C14H18BrIO2. The van der Waals surface area contributed by atoms with Crippen molar-refractivity contribution in [2.45, 2.75) is 44.3 Å². The van der Waals surface area contributed by atoms with Crippen LogP contribution in [0.5, 0.6) is 0 Å². The van der Waals surface area contributed by atoms with Gasteiger partial charge in [-0.1, -0.05) is 15.9 Å². The van der Waals surface area contributed by atoms with Crippen molar-refractivity contribution >= 4 is 38.5 Å². The van der Waals surface area contributed by atoms with Crippen molar-refractivity contribution in [3.8, 4) is 0 Å². The van der Waals surface area contributed by atoms with E-state index in [9.17, 15) is 5.11 Å². The van der Waals surface area contributed by atoms with Gasteiger partial charge < -0.3 is 9.84 Å². The van der Waals surface area contributed by atoms with Crippen molar-refractivity contribution in [2.24, 2.45) is 0 Å². The fraction of sp³-hybridized carbons (Fsp3) is 0.571. The van der Waals surface area contributed by atoms with Crippen molar-refractivity contribution < 1.29 is 9.84 Å². The lowest BCUT2D eigenvalue weighted by atomic mass is 10.0. The van der Waals surface area contributed by atoms with Crippen LogP contribution in [0.4, 0.5) is 0 Å². The summed E-state index contributed by atoms with van der Waals surface area (Å²) in [6.45, 7) is 0.912. The zero-order chi connectivity index (χ0) is 13.0. The molecule has 1 aromatic carbocycles. The molecule has 4 heteroatoms. The van der Waals surface area contributed by atoms with E-state index in [0.717, 1.165) is 39.5 Å². The zero-order valence-electron chi connectivity index (χ0n) is 10.2. The SMILES string of the molecule is OC(CCCC1CCCO1)c1cc(I)ccc1Br. The predicted molar refractivity (Wildman–Crippen MR) is 84.6 cm³/mol. The standard InChI is InChI=1S/C14H18BrIO2/c15-13-7-6-10(16)9-12(13)14(17)5-1-3-11-4-2-8-18-11/h6-7,9,11,14,17H,1-5,8H2. The Morgan fingerprint density at radius 3 is 3.06 bits per heavy atom. The maximum Gasteiger partial charge on any atom is 0.0801 e. The van der Waals surface area contributed by atoms with Gasteiger partial charge in [0.25, 0.3) is 0 Å². The molecule has 1 saturated heterocycles. The van der Waals surface area contributed by atoms with E-state index < -0.39 is 0 Å². The van der Waals surface area contributed by atoms with Crippen LogP contribution in [0.3, 0.4) is 0 Å². The fourth-order valence-corrected chi connectivity index (χ4v) is 3.36. The molecule has 0 aliphatic carbocycles.